The molecule has 5 heterocycles. The number of rotatable bonds is 4. The fraction of sp³-hybridized carbons (Fsp3) is 0.318. The highest BCUT2D eigenvalue weighted by Gasteiger charge is 2.42. The van der Waals surface area contributed by atoms with Gasteiger partial charge in [-0.1, -0.05) is 0 Å². The number of hydrogen-bond donors (Lipinski definition) is 0. The van der Waals surface area contributed by atoms with Crippen molar-refractivity contribution in [3.63, 3.8) is 0 Å². The van der Waals surface area contributed by atoms with Crippen molar-refractivity contribution in [3.8, 4) is 6.07 Å². The van der Waals surface area contributed by atoms with Gasteiger partial charge in [0.15, 0.2) is 5.65 Å². The van der Waals surface area contributed by atoms with Gasteiger partial charge in [0.05, 0.1) is 11.1 Å². The van der Waals surface area contributed by atoms with Gasteiger partial charge in [0.1, 0.15) is 18.2 Å². The lowest BCUT2D eigenvalue weighted by atomic mass is 10.1. The number of carbonyl (C=O) groups is 1. The molecular formula is C22H19F2N7O. The summed E-state index contributed by atoms with van der Waals surface area (Å²) in [6.45, 7) is 0.874. The van der Waals surface area contributed by atoms with E-state index in [9.17, 15) is 13.6 Å². The van der Waals surface area contributed by atoms with Crippen LogP contribution in [0.25, 0.3) is 5.65 Å². The minimum absolute atomic E-state index is 0.0520. The third-order valence-electron chi connectivity index (χ3n) is 6.03. The lowest BCUT2D eigenvalue weighted by molar-refractivity contribution is -0.127. The summed E-state index contributed by atoms with van der Waals surface area (Å²) in [6, 6.07) is 8.47. The van der Waals surface area contributed by atoms with E-state index in [0.717, 1.165) is 24.7 Å². The van der Waals surface area contributed by atoms with Crippen molar-refractivity contribution in [2.45, 2.75) is 30.8 Å². The summed E-state index contributed by atoms with van der Waals surface area (Å²) in [5.41, 5.74) is 0.234. The highest BCUT2D eigenvalue weighted by molar-refractivity contribution is 5.88. The number of hydrogen-bond acceptors (Lipinski definition) is 6. The number of amides is 1. The minimum atomic E-state index is -3.36. The topological polar surface area (TPSA) is 90.4 Å². The van der Waals surface area contributed by atoms with E-state index in [1.807, 2.05) is 6.07 Å². The van der Waals surface area contributed by atoms with E-state index in [-0.39, 0.29) is 23.3 Å². The van der Waals surface area contributed by atoms with Crippen molar-refractivity contribution in [3.05, 3.63) is 66.3 Å². The molecule has 0 saturated carbocycles. The van der Waals surface area contributed by atoms with E-state index in [2.05, 4.69) is 26.0 Å². The van der Waals surface area contributed by atoms with Crippen LogP contribution in [-0.2, 0) is 10.7 Å². The quantitative estimate of drug-likeness (QED) is 0.585. The molecule has 10 heteroatoms. The average molecular weight is 435 g/mol. The number of likely N-dealkylation sites (tertiary alicyclic amines) is 1. The molecule has 32 heavy (non-hydrogen) atoms. The molecule has 3 aromatic rings. The monoisotopic (exact) mass is 435 g/mol. The summed E-state index contributed by atoms with van der Waals surface area (Å²) in [4.78, 5) is 24.8. The average Bonchev–Trinajstić information content (AvgIpc) is 3.39. The van der Waals surface area contributed by atoms with Gasteiger partial charge in [-0.25, -0.2) is 14.5 Å². The third-order valence-corrected chi connectivity index (χ3v) is 6.03. The fourth-order valence-corrected chi connectivity index (χ4v) is 4.54. The zero-order chi connectivity index (χ0) is 22.3. The maximum absolute atomic E-state index is 14.8. The molecule has 5 rings (SSSR count). The molecule has 2 aliphatic heterocycles. The summed E-state index contributed by atoms with van der Waals surface area (Å²) in [5.74, 6) is -3.03. The van der Waals surface area contributed by atoms with Crippen molar-refractivity contribution in [2.24, 2.45) is 0 Å². The van der Waals surface area contributed by atoms with Crippen molar-refractivity contribution >= 4 is 17.4 Å². The normalized spacial score (nSPS) is 20.8. The first-order chi connectivity index (χ1) is 15.5. The molecule has 2 saturated heterocycles. The molecule has 2 unspecified atom stereocenters. The van der Waals surface area contributed by atoms with E-state index in [1.165, 1.54) is 35.4 Å². The van der Waals surface area contributed by atoms with Crippen LogP contribution in [0.4, 0.5) is 14.6 Å². The Morgan fingerprint density at radius 3 is 2.66 bits per heavy atom. The number of nitriles is 1. The Morgan fingerprint density at radius 2 is 1.97 bits per heavy atom. The van der Waals surface area contributed by atoms with Crippen LogP contribution in [0.5, 0.6) is 0 Å². The maximum atomic E-state index is 14.8. The lowest BCUT2D eigenvalue weighted by Gasteiger charge is -2.41. The van der Waals surface area contributed by atoms with Crippen LogP contribution in [0.2, 0.25) is 0 Å². The molecule has 2 bridgehead atoms. The first-order valence-electron chi connectivity index (χ1n) is 10.3. The van der Waals surface area contributed by atoms with Crippen LogP contribution in [-0.4, -0.2) is 55.6 Å². The summed E-state index contributed by atoms with van der Waals surface area (Å²) < 4.78 is 30.9. The predicted molar refractivity (Wildman–Crippen MR) is 111 cm³/mol. The maximum Gasteiger partial charge on any atom is 0.295 e. The standard InChI is InChI=1S/C22H19F2N7O/c23-22(24,18-2-1-9-30-21(18)27-14-28-30)8-7-20(32)29-12-16-4-5-17(13-29)31(16)19-6-3-15(10-25)11-26-19/h1-3,6-9,11,14,16-17H,4-5,12-13H2/b8-7+. The van der Waals surface area contributed by atoms with Gasteiger partial charge < -0.3 is 9.80 Å². The molecule has 2 atom stereocenters. The molecule has 162 valence electrons. The van der Waals surface area contributed by atoms with Crippen LogP contribution in [0, 0.1) is 11.3 Å². The molecule has 2 aliphatic rings. The van der Waals surface area contributed by atoms with Crippen molar-refractivity contribution in [1.29, 1.82) is 5.26 Å². The first kappa shape index (κ1) is 20.1. The van der Waals surface area contributed by atoms with Crippen molar-refractivity contribution in [2.75, 3.05) is 18.0 Å². The van der Waals surface area contributed by atoms with Gasteiger partial charge in [0.2, 0.25) is 5.91 Å². The van der Waals surface area contributed by atoms with Crippen molar-refractivity contribution < 1.29 is 13.6 Å². The number of carbonyl (C=O) groups excluding carboxylic acids is 1. The highest BCUT2D eigenvalue weighted by atomic mass is 19.3. The second-order valence-corrected chi connectivity index (χ2v) is 7.96. The number of anilines is 1. The Bertz CT molecular complexity index is 1220. The smallest absolute Gasteiger partial charge is 0.295 e. The van der Waals surface area contributed by atoms with E-state index in [0.29, 0.717) is 24.7 Å². The Kier molecular flexibility index (Phi) is 4.81. The molecular weight excluding hydrogens is 416 g/mol. The Balaban J connectivity index is 1.30. The summed E-state index contributed by atoms with van der Waals surface area (Å²) in [5, 5.41) is 12.8. The molecule has 1 amide bonds. The molecule has 0 radical (unpaired) electrons. The number of pyridine rings is 2. The summed E-state index contributed by atoms with van der Waals surface area (Å²) in [7, 11) is 0. The zero-order valence-corrected chi connectivity index (χ0v) is 17.0. The second-order valence-electron chi connectivity index (χ2n) is 7.96. The number of nitrogens with zero attached hydrogens (tertiary/aromatic N) is 7. The van der Waals surface area contributed by atoms with Gasteiger partial charge in [-0.05, 0) is 43.2 Å². The van der Waals surface area contributed by atoms with Gasteiger partial charge in [-0.3, -0.25) is 4.79 Å². The SMILES string of the molecule is N#Cc1ccc(N2C3CCC2CN(C(=O)/C=C/C(F)(F)c2cccn4ncnc24)C3)nc1. The van der Waals surface area contributed by atoms with Crippen LogP contribution >= 0.6 is 0 Å². The van der Waals surface area contributed by atoms with Gasteiger partial charge in [-0.15, -0.1) is 0 Å². The number of allylic oxidation sites excluding steroid dienone is 1. The van der Waals surface area contributed by atoms with Gasteiger partial charge in [-0.2, -0.15) is 19.1 Å². The molecule has 2 fully saturated rings. The molecule has 0 aliphatic carbocycles. The van der Waals surface area contributed by atoms with Crippen LogP contribution in [0.3, 0.4) is 0 Å². The number of aromatic nitrogens is 4. The summed E-state index contributed by atoms with van der Waals surface area (Å²) in [6.07, 6.45) is 7.66. The first-order valence-corrected chi connectivity index (χ1v) is 10.3. The molecule has 0 spiro atoms. The van der Waals surface area contributed by atoms with E-state index in [1.54, 1.807) is 11.0 Å². The number of alkyl halides is 2. The van der Waals surface area contributed by atoms with E-state index >= 15 is 0 Å². The molecule has 3 aromatic heterocycles. The molecule has 8 nitrogen and oxygen atoms in total. The van der Waals surface area contributed by atoms with E-state index < -0.39 is 11.8 Å². The number of piperazine rings is 1. The second kappa shape index (κ2) is 7.67. The molecule has 0 N–H and O–H groups in total. The Labute approximate surface area is 182 Å². The summed E-state index contributed by atoms with van der Waals surface area (Å²) >= 11 is 0. The lowest BCUT2D eigenvalue weighted by Crippen LogP contribution is -2.55. The van der Waals surface area contributed by atoms with Gasteiger partial charge in [0, 0.05) is 43.6 Å². The Hall–Kier alpha value is -3.87. The zero-order valence-electron chi connectivity index (χ0n) is 17.0. The Morgan fingerprint density at radius 1 is 1.19 bits per heavy atom. The third kappa shape index (κ3) is 3.45. The highest BCUT2D eigenvalue weighted by Crippen LogP contribution is 2.35. The van der Waals surface area contributed by atoms with Crippen LogP contribution in [0.15, 0.2) is 55.1 Å². The minimum Gasteiger partial charge on any atom is -0.347 e. The number of fused-ring (bicyclic) bond motifs is 3. The molecule has 0 aromatic carbocycles. The largest absolute Gasteiger partial charge is 0.347 e. The van der Waals surface area contributed by atoms with Crippen LogP contribution in [0.1, 0.15) is 24.0 Å². The number of halogens is 2. The van der Waals surface area contributed by atoms with Crippen molar-refractivity contribution in [1.82, 2.24) is 24.5 Å². The van der Waals surface area contributed by atoms with Crippen LogP contribution < -0.4 is 4.90 Å². The fourth-order valence-electron chi connectivity index (χ4n) is 4.54. The van der Waals surface area contributed by atoms with Gasteiger partial charge >= 0.3 is 0 Å². The van der Waals surface area contributed by atoms with Gasteiger partial charge in [0.25, 0.3) is 5.92 Å². The van der Waals surface area contributed by atoms with E-state index in [4.69, 9.17) is 5.26 Å². The predicted octanol–water partition coefficient (Wildman–Crippen LogP) is 2.52.